The van der Waals surface area contributed by atoms with E-state index in [1.807, 2.05) is 0 Å². The van der Waals surface area contributed by atoms with Crippen molar-refractivity contribution in [3.05, 3.63) is 12.4 Å². The van der Waals surface area contributed by atoms with Crippen molar-refractivity contribution < 1.29 is 14.2 Å². The molecule has 0 spiro atoms. The molecule has 0 amide bonds. The molecule has 16 heavy (non-hydrogen) atoms. The minimum absolute atomic E-state index is 0.171. The fraction of sp³-hybridized carbons (Fsp3) is 0.545. The third kappa shape index (κ3) is 2.19. The molecule has 0 aromatic carbocycles. The molecule has 1 unspecified atom stereocenters. The fourth-order valence-electron chi connectivity index (χ4n) is 1.71. The van der Waals surface area contributed by atoms with E-state index in [1.54, 1.807) is 26.6 Å². The Kier molecular flexibility index (Phi) is 3.46. The van der Waals surface area contributed by atoms with Crippen molar-refractivity contribution in [2.24, 2.45) is 0 Å². The Morgan fingerprint density at radius 1 is 1.25 bits per heavy atom. The summed E-state index contributed by atoms with van der Waals surface area (Å²) in [6.45, 7) is 1.84. The maximum Gasteiger partial charge on any atom is 0.207 e. The van der Waals surface area contributed by atoms with Gasteiger partial charge in [0.05, 0.1) is 26.6 Å². The third-order valence-electron chi connectivity index (χ3n) is 2.57. The van der Waals surface area contributed by atoms with E-state index in [4.69, 9.17) is 14.2 Å². The van der Waals surface area contributed by atoms with Gasteiger partial charge in [0.25, 0.3) is 0 Å². The maximum atomic E-state index is 5.87. The van der Waals surface area contributed by atoms with Gasteiger partial charge in [-0.3, -0.25) is 4.98 Å². The van der Waals surface area contributed by atoms with E-state index in [2.05, 4.69) is 10.3 Å². The summed E-state index contributed by atoms with van der Waals surface area (Å²) >= 11 is 0. The first-order chi connectivity index (χ1) is 7.85. The van der Waals surface area contributed by atoms with Gasteiger partial charge in [-0.2, -0.15) is 0 Å². The molecule has 0 aliphatic carbocycles. The molecular weight excluding hydrogens is 208 g/mol. The smallest absolute Gasteiger partial charge is 0.207 e. The van der Waals surface area contributed by atoms with Crippen LogP contribution < -0.4 is 19.5 Å². The van der Waals surface area contributed by atoms with Gasteiger partial charge >= 0.3 is 0 Å². The van der Waals surface area contributed by atoms with E-state index >= 15 is 0 Å². The molecule has 1 aliphatic rings. The van der Waals surface area contributed by atoms with Gasteiger partial charge in [-0.05, 0) is 13.0 Å². The first kappa shape index (κ1) is 11.0. The SMILES string of the molecule is COc1cncc(OC)c1OC1CCNC1. The summed E-state index contributed by atoms with van der Waals surface area (Å²) in [5, 5.41) is 3.25. The second-order valence-electron chi connectivity index (χ2n) is 3.61. The summed E-state index contributed by atoms with van der Waals surface area (Å²) < 4.78 is 16.3. The van der Waals surface area contributed by atoms with Crippen LogP contribution >= 0.6 is 0 Å². The highest BCUT2D eigenvalue weighted by Gasteiger charge is 2.20. The Hall–Kier alpha value is -1.49. The molecular formula is C11H16N2O3. The fourth-order valence-corrected chi connectivity index (χ4v) is 1.71. The van der Waals surface area contributed by atoms with Crippen molar-refractivity contribution in [3.63, 3.8) is 0 Å². The molecule has 0 radical (unpaired) electrons. The third-order valence-corrected chi connectivity index (χ3v) is 2.57. The van der Waals surface area contributed by atoms with E-state index in [-0.39, 0.29) is 6.10 Å². The van der Waals surface area contributed by atoms with Crippen LogP contribution in [0.15, 0.2) is 12.4 Å². The molecule has 88 valence electrons. The molecule has 5 heteroatoms. The molecule has 1 aromatic heterocycles. The number of pyridine rings is 1. The van der Waals surface area contributed by atoms with Crippen molar-refractivity contribution in [2.45, 2.75) is 12.5 Å². The van der Waals surface area contributed by atoms with Crippen LogP contribution in [0.5, 0.6) is 17.2 Å². The van der Waals surface area contributed by atoms with Crippen LogP contribution in [0.1, 0.15) is 6.42 Å². The lowest BCUT2D eigenvalue weighted by molar-refractivity contribution is 0.202. The van der Waals surface area contributed by atoms with E-state index in [0.717, 1.165) is 19.5 Å². The molecule has 1 saturated heterocycles. The standard InChI is InChI=1S/C11H16N2O3/c1-14-9-6-13-7-10(15-2)11(9)16-8-3-4-12-5-8/h6-8,12H,3-5H2,1-2H3. The number of methoxy groups -OCH3 is 2. The zero-order valence-electron chi connectivity index (χ0n) is 9.53. The molecule has 1 aromatic rings. The van der Waals surface area contributed by atoms with Crippen molar-refractivity contribution in [2.75, 3.05) is 27.3 Å². The van der Waals surface area contributed by atoms with Gasteiger partial charge in [0, 0.05) is 6.54 Å². The number of hydrogen-bond acceptors (Lipinski definition) is 5. The number of nitrogens with zero attached hydrogens (tertiary/aromatic N) is 1. The predicted octanol–water partition coefficient (Wildman–Crippen LogP) is 0.839. The Labute approximate surface area is 94.7 Å². The second-order valence-corrected chi connectivity index (χ2v) is 3.61. The molecule has 1 N–H and O–H groups in total. The van der Waals surface area contributed by atoms with Crippen LogP contribution in [0.25, 0.3) is 0 Å². The molecule has 2 rings (SSSR count). The van der Waals surface area contributed by atoms with E-state index < -0.39 is 0 Å². The van der Waals surface area contributed by atoms with Crippen molar-refractivity contribution in [1.29, 1.82) is 0 Å². The summed E-state index contributed by atoms with van der Waals surface area (Å²) in [6, 6.07) is 0. The van der Waals surface area contributed by atoms with Gasteiger partial charge in [0.15, 0.2) is 11.5 Å². The van der Waals surface area contributed by atoms with Crippen molar-refractivity contribution in [1.82, 2.24) is 10.3 Å². The number of ether oxygens (including phenoxy) is 3. The van der Waals surface area contributed by atoms with Crippen LogP contribution in [0, 0.1) is 0 Å². The average Bonchev–Trinajstić information content (AvgIpc) is 2.82. The van der Waals surface area contributed by atoms with Crippen LogP contribution in [0.3, 0.4) is 0 Å². The lowest BCUT2D eigenvalue weighted by Gasteiger charge is -2.17. The molecule has 5 nitrogen and oxygen atoms in total. The van der Waals surface area contributed by atoms with Gasteiger partial charge in [-0.1, -0.05) is 0 Å². The van der Waals surface area contributed by atoms with Crippen LogP contribution in [0.4, 0.5) is 0 Å². The zero-order chi connectivity index (χ0) is 11.4. The van der Waals surface area contributed by atoms with Gasteiger partial charge in [0.1, 0.15) is 6.10 Å². The minimum Gasteiger partial charge on any atom is -0.491 e. The minimum atomic E-state index is 0.171. The maximum absolute atomic E-state index is 5.87. The van der Waals surface area contributed by atoms with Crippen LogP contribution in [0.2, 0.25) is 0 Å². The Balaban J connectivity index is 2.21. The number of rotatable bonds is 4. The molecule has 1 aliphatic heterocycles. The van der Waals surface area contributed by atoms with Crippen LogP contribution in [-0.4, -0.2) is 38.4 Å². The number of hydrogen-bond donors (Lipinski definition) is 1. The Morgan fingerprint density at radius 2 is 1.94 bits per heavy atom. The Bertz CT molecular complexity index is 329. The first-order valence-corrected chi connectivity index (χ1v) is 5.28. The van der Waals surface area contributed by atoms with E-state index in [0.29, 0.717) is 17.2 Å². The topological polar surface area (TPSA) is 52.6 Å². The zero-order valence-corrected chi connectivity index (χ0v) is 9.53. The molecule has 0 bridgehead atoms. The monoisotopic (exact) mass is 224 g/mol. The second kappa shape index (κ2) is 5.03. The average molecular weight is 224 g/mol. The first-order valence-electron chi connectivity index (χ1n) is 5.28. The van der Waals surface area contributed by atoms with Crippen molar-refractivity contribution in [3.8, 4) is 17.2 Å². The highest BCUT2D eigenvalue weighted by molar-refractivity contribution is 5.48. The lowest BCUT2D eigenvalue weighted by Crippen LogP contribution is -2.20. The summed E-state index contributed by atoms with van der Waals surface area (Å²) in [7, 11) is 3.19. The van der Waals surface area contributed by atoms with Gasteiger partial charge < -0.3 is 19.5 Å². The number of nitrogens with one attached hydrogen (secondary N) is 1. The van der Waals surface area contributed by atoms with Gasteiger partial charge in [-0.25, -0.2) is 0 Å². The molecule has 1 atom stereocenters. The highest BCUT2D eigenvalue weighted by atomic mass is 16.5. The van der Waals surface area contributed by atoms with E-state index in [9.17, 15) is 0 Å². The highest BCUT2D eigenvalue weighted by Crippen LogP contribution is 2.36. The van der Waals surface area contributed by atoms with E-state index in [1.165, 1.54) is 0 Å². The molecule has 1 fully saturated rings. The number of aromatic nitrogens is 1. The van der Waals surface area contributed by atoms with Crippen molar-refractivity contribution >= 4 is 0 Å². The molecule has 0 saturated carbocycles. The van der Waals surface area contributed by atoms with Gasteiger partial charge in [-0.15, -0.1) is 0 Å². The van der Waals surface area contributed by atoms with Gasteiger partial charge in [0.2, 0.25) is 5.75 Å². The summed E-state index contributed by atoms with van der Waals surface area (Å²) in [4.78, 5) is 4.02. The lowest BCUT2D eigenvalue weighted by atomic mass is 10.3. The predicted molar refractivity (Wildman–Crippen MR) is 59.2 cm³/mol. The molecule has 2 heterocycles. The largest absolute Gasteiger partial charge is 0.491 e. The summed E-state index contributed by atoms with van der Waals surface area (Å²) in [5.41, 5.74) is 0. The summed E-state index contributed by atoms with van der Waals surface area (Å²) in [5.74, 6) is 1.84. The summed E-state index contributed by atoms with van der Waals surface area (Å²) in [6.07, 6.45) is 4.42. The Morgan fingerprint density at radius 3 is 2.44 bits per heavy atom. The normalized spacial score (nSPS) is 19.5. The van der Waals surface area contributed by atoms with Crippen LogP contribution in [-0.2, 0) is 0 Å². The quantitative estimate of drug-likeness (QED) is 0.821.